The van der Waals surface area contributed by atoms with Crippen LogP contribution < -0.4 is 10.2 Å². The van der Waals surface area contributed by atoms with Gasteiger partial charge >= 0.3 is 0 Å². The van der Waals surface area contributed by atoms with Gasteiger partial charge in [-0.05, 0) is 12.1 Å². The van der Waals surface area contributed by atoms with Crippen LogP contribution in [0.4, 0.5) is 18.9 Å². The van der Waals surface area contributed by atoms with Gasteiger partial charge in [0.25, 0.3) is 0 Å². The maximum Gasteiger partial charge on any atom is 0.224 e. The Morgan fingerprint density at radius 3 is 2.33 bits per heavy atom. The third-order valence-electron chi connectivity index (χ3n) is 2.84. The van der Waals surface area contributed by atoms with Crippen molar-refractivity contribution in [3.8, 4) is 0 Å². The van der Waals surface area contributed by atoms with Gasteiger partial charge < -0.3 is 10.2 Å². The molecule has 4 nitrogen and oxygen atoms in total. The fraction of sp³-hybridized carbons (Fsp3) is 0.429. The summed E-state index contributed by atoms with van der Waals surface area (Å²) in [5.74, 6) is -5.38. The summed E-state index contributed by atoms with van der Waals surface area (Å²) in [5.41, 5.74) is -0.361. The lowest BCUT2D eigenvalue weighted by Crippen LogP contribution is -2.39. The van der Waals surface area contributed by atoms with E-state index in [4.69, 9.17) is 0 Å². The molecule has 0 fully saturated rings. The van der Waals surface area contributed by atoms with Crippen molar-refractivity contribution in [3.05, 3.63) is 29.6 Å². The van der Waals surface area contributed by atoms with Crippen molar-refractivity contribution < 1.29 is 22.8 Å². The summed E-state index contributed by atoms with van der Waals surface area (Å²) < 4.78 is 39.8. The summed E-state index contributed by atoms with van der Waals surface area (Å²) >= 11 is 0. The van der Waals surface area contributed by atoms with E-state index < -0.39 is 23.4 Å². The highest BCUT2D eigenvalue weighted by Crippen LogP contribution is 2.23. The highest BCUT2D eigenvalue weighted by Gasteiger charge is 2.21. The molecule has 0 atom stereocenters. The van der Waals surface area contributed by atoms with E-state index in [0.29, 0.717) is 0 Å². The summed E-state index contributed by atoms with van der Waals surface area (Å²) in [6.07, 6.45) is 0. The Morgan fingerprint density at radius 1 is 1.19 bits per heavy atom. The van der Waals surface area contributed by atoms with Gasteiger partial charge in [0.15, 0.2) is 17.5 Å². The second-order valence-electron chi connectivity index (χ2n) is 4.81. The van der Waals surface area contributed by atoms with Crippen LogP contribution in [0.15, 0.2) is 12.1 Å². The normalized spacial score (nSPS) is 10.6. The largest absolute Gasteiger partial charge is 0.354 e. The molecule has 0 unspecified atom stereocenters. The van der Waals surface area contributed by atoms with Gasteiger partial charge in [0.1, 0.15) is 0 Å². The summed E-state index contributed by atoms with van der Waals surface area (Å²) in [4.78, 5) is 23.9. The minimum absolute atomic E-state index is 0.0458. The van der Waals surface area contributed by atoms with Gasteiger partial charge in [-0.25, -0.2) is 13.2 Å². The van der Waals surface area contributed by atoms with Crippen LogP contribution in [0, 0.1) is 23.4 Å². The Labute approximate surface area is 120 Å². The first-order valence-corrected chi connectivity index (χ1v) is 6.45. The lowest BCUT2D eigenvalue weighted by Gasteiger charge is -2.22. The van der Waals surface area contributed by atoms with Crippen molar-refractivity contribution in [3.63, 3.8) is 0 Å². The molecule has 0 aliphatic rings. The Morgan fingerprint density at radius 2 is 1.81 bits per heavy atom. The molecule has 0 spiro atoms. The predicted molar refractivity (Wildman–Crippen MR) is 72.2 cm³/mol. The number of carbonyl (C=O) groups is 2. The van der Waals surface area contributed by atoms with E-state index in [0.717, 1.165) is 17.0 Å². The first-order chi connectivity index (χ1) is 9.75. The maximum absolute atomic E-state index is 13.7. The fourth-order valence-electron chi connectivity index (χ4n) is 1.67. The lowest BCUT2D eigenvalue weighted by atomic mass is 10.2. The quantitative estimate of drug-likeness (QED) is 0.848. The molecular weight excluding hydrogens is 285 g/mol. The van der Waals surface area contributed by atoms with Crippen molar-refractivity contribution >= 4 is 17.5 Å². The standard InChI is InChI=1S/C14H17F3N2O2/c1-8(2)14(21)18-6-7-19(9(3)20)11-5-4-10(15)12(16)13(11)17/h4-5,8H,6-7H2,1-3H3,(H,18,21). The van der Waals surface area contributed by atoms with E-state index in [2.05, 4.69) is 5.32 Å². The lowest BCUT2D eigenvalue weighted by molar-refractivity contribution is -0.124. The second kappa shape index (κ2) is 7.10. The second-order valence-corrected chi connectivity index (χ2v) is 4.81. The Hall–Kier alpha value is -2.05. The summed E-state index contributed by atoms with van der Waals surface area (Å²) in [5, 5.41) is 2.56. The van der Waals surface area contributed by atoms with Gasteiger partial charge in [0, 0.05) is 25.9 Å². The minimum atomic E-state index is -1.63. The number of carbonyl (C=O) groups excluding carboxylic acids is 2. The number of rotatable bonds is 5. The van der Waals surface area contributed by atoms with Crippen LogP contribution >= 0.6 is 0 Å². The zero-order valence-corrected chi connectivity index (χ0v) is 12.0. The van der Waals surface area contributed by atoms with Crippen molar-refractivity contribution in [2.24, 2.45) is 5.92 Å². The Kier molecular flexibility index (Phi) is 5.75. The molecule has 0 aliphatic carbocycles. The number of anilines is 1. The molecule has 0 saturated heterocycles. The molecule has 116 valence electrons. The first-order valence-electron chi connectivity index (χ1n) is 6.45. The van der Waals surface area contributed by atoms with E-state index in [9.17, 15) is 22.8 Å². The van der Waals surface area contributed by atoms with Gasteiger partial charge in [0.05, 0.1) is 5.69 Å². The molecule has 21 heavy (non-hydrogen) atoms. The highest BCUT2D eigenvalue weighted by molar-refractivity contribution is 5.91. The number of amides is 2. The van der Waals surface area contributed by atoms with Crippen LogP contribution in [0.3, 0.4) is 0 Å². The molecular formula is C14H17F3N2O2. The summed E-state index contributed by atoms with van der Waals surface area (Å²) in [6.45, 7) is 4.61. The summed E-state index contributed by atoms with van der Waals surface area (Å²) in [6, 6.07) is 1.73. The summed E-state index contributed by atoms with van der Waals surface area (Å²) in [7, 11) is 0. The third kappa shape index (κ3) is 4.21. The van der Waals surface area contributed by atoms with E-state index in [1.54, 1.807) is 13.8 Å². The molecule has 1 aromatic carbocycles. The molecule has 2 amide bonds. The van der Waals surface area contributed by atoms with Crippen molar-refractivity contribution in [1.29, 1.82) is 0 Å². The average molecular weight is 302 g/mol. The molecule has 1 aromatic rings. The van der Waals surface area contributed by atoms with Gasteiger partial charge in [-0.2, -0.15) is 0 Å². The zero-order valence-electron chi connectivity index (χ0n) is 12.0. The smallest absolute Gasteiger partial charge is 0.224 e. The van der Waals surface area contributed by atoms with Crippen LogP contribution in [0.2, 0.25) is 0 Å². The van der Waals surface area contributed by atoms with Crippen LogP contribution in [0.25, 0.3) is 0 Å². The van der Waals surface area contributed by atoms with E-state index in [1.807, 2.05) is 0 Å². The predicted octanol–water partition coefficient (Wildman–Crippen LogP) is 2.23. The van der Waals surface area contributed by atoms with Crippen molar-refractivity contribution in [1.82, 2.24) is 5.32 Å². The number of halogens is 3. The first kappa shape index (κ1) is 17.0. The minimum Gasteiger partial charge on any atom is -0.354 e. The Bertz CT molecular complexity index is 547. The third-order valence-corrected chi connectivity index (χ3v) is 2.84. The van der Waals surface area contributed by atoms with Crippen molar-refractivity contribution in [2.75, 3.05) is 18.0 Å². The number of hydrogen-bond donors (Lipinski definition) is 1. The number of nitrogens with zero attached hydrogens (tertiary/aromatic N) is 1. The van der Waals surface area contributed by atoms with E-state index in [-0.39, 0.29) is 30.6 Å². The van der Waals surface area contributed by atoms with E-state index in [1.165, 1.54) is 6.92 Å². The average Bonchev–Trinajstić information content (AvgIpc) is 2.41. The van der Waals surface area contributed by atoms with Crippen LogP contribution in [0.5, 0.6) is 0 Å². The Balaban J connectivity index is 2.86. The molecule has 0 bridgehead atoms. The van der Waals surface area contributed by atoms with Crippen LogP contribution in [0.1, 0.15) is 20.8 Å². The number of hydrogen-bond acceptors (Lipinski definition) is 2. The van der Waals surface area contributed by atoms with Crippen molar-refractivity contribution in [2.45, 2.75) is 20.8 Å². The number of nitrogens with one attached hydrogen (secondary N) is 1. The number of benzene rings is 1. The molecule has 1 rings (SSSR count). The van der Waals surface area contributed by atoms with Gasteiger partial charge in [0.2, 0.25) is 11.8 Å². The van der Waals surface area contributed by atoms with Crippen LogP contribution in [-0.2, 0) is 9.59 Å². The SMILES string of the molecule is CC(=O)N(CCNC(=O)C(C)C)c1ccc(F)c(F)c1F. The van der Waals surface area contributed by atoms with Gasteiger partial charge in [-0.1, -0.05) is 13.8 Å². The molecule has 0 aromatic heterocycles. The zero-order chi connectivity index (χ0) is 16.2. The molecule has 0 heterocycles. The van der Waals surface area contributed by atoms with E-state index >= 15 is 0 Å². The molecule has 1 N–H and O–H groups in total. The van der Waals surface area contributed by atoms with Gasteiger partial charge in [-0.3, -0.25) is 9.59 Å². The monoisotopic (exact) mass is 302 g/mol. The maximum atomic E-state index is 13.7. The topological polar surface area (TPSA) is 49.4 Å². The molecule has 0 saturated carbocycles. The molecule has 7 heteroatoms. The van der Waals surface area contributed by atoms with Crippen LogP contribution in [-0.4, -0.2) is 24.9 Å². The molecule has 0 radical (unpaired) electrons. The highest BCUT2D eigenvalue weighted by atomic mass is 19.2. The molecule has 0 aliphatic heterocycles. The fourth-order valence-corrected chi connectivity index (χ4v) is 1.67. The van der Waals surface area contributed by atoms with Gasteiger partial charge in [-0.15, -0.1) is 0 Å².